The number of ether oxygens (including phenoxy) is 1. The number of aliphatic carboxylic acids is 1. The first-order valence-electron chi connectivity index (χ1n) is 6.65. The van der Waals surface area contributed by atoms with E-state index in [1.165, 1.54) is 30.8 Å². The molecule has 1 aromatic heterocycles. The van der Waals surface area contributed by atoms with E-state index < -0.39 is 17.6 Å². The van der Waals surface area contributed by atoms with Gasteiger partial charge in [-0.2, -0.15) is 5.26 Å². The third-order valence-corrected chi connectivity index (χ3v) is 3.94. The maximum absolute atomic E-state index is 11.9. The van der Waals surface area contributed by atoms with Crippen molar-refractivity contribution in [3.63, 3.8) is 0 Å². The molecule has 2 N–H and O–H groups in total. The number of aromatic nitrogens is 2. The zero-order valence-corrected chi connectivity index (χ0v) is 14.2. The monoisotopic (exact) mass is 365 g/mol. The predicted octanol–water partition coefficient (Wildman–Crippen LogP) is 2.54. The molecule has 0 spiro atoms. The van der Waals surface area contributed by atoms with Crippen molar-refractivity contribution in [1.29, 1.82) is 5.26 Å². The molecule has 0 radical (unpaired) electrons. The fraction of sp³-hybridized carbons (Fsp3) is 0.200. The molecule has 0 bridgehead atoms. The molecular weight excluding hydrogens is 354 g/mol. The highest BCUT2D eigenvalue weighted by Gasteiger charge is 2.17. The lowest BCUT2D eigenvalue weighted by atomic mass is 10.1. The Morgan fingerprint density at radius 2 is 2.25 bits per heavy atom. The van der Waals surface area contributed by atoms with Gasteiger partial charge >= 0.3 is 5.97 Å². The molecule has 2 rings (SSSR count). The van der Waals surface area contributed by atoms with Gasteiger partial charge in [-0.3, -0.25) is 4.79 Å². The first kappa shape index (κ1) is 17.8. The Hall–Kier alpha value is -2.50. The molecule has 124 valence electrons. The Balaban J connectivity index is 2.50. The van der Waals surface area contributed by atoms with E-state index in [0.29, 0.717) is 10.7 Å². The number of hydrogen-bond donors (Lipinski definition) is 2. The molecule has 1 atom stereocenters. The Morgan fingerprint density at radius 1 is 1.54 bits per heavy atom. The number of carboxylic acid groups (broad SMARTS) is 1. The van der Waals surface area contributed by atoms with Gasteiger partial charge in [-0.1, -0.05) is 23.4 Å². The van der Waals surface area contributed by atoms with E-state index in [1.54, 1.807) is 12.3 Å². The Labute approximate surface area is 146 Å². The summed E-state index contributed by atoms with van der Waals surface area (Å²) in [5.74, 6) is -0.938. The summed E-state index contributed by atoms with van der Waals surface area (Å²) < 4.78 is 5.23. The summed E-state index contributed by atoms with van der Waals surface area (Å²) in [4.78, 5) is 29.5. The molecule has 1 aromatic carbocycles. The second-order valence-corrected chi connectivity index (χ2v) is 5.86. The van der Waals surface area contributed by atoms with E-state index >= 15 is 0 Å². The minimum atomic E-state index is -1.12. The standard InChI is InChI=1S/C15H12ClN3O4S/c1-7(14(21)22)23-11-4-3-8(5-10(11)16)12-9(6-17)13(20)19-15(18-12)24-2/h3-5,7H,1-2H3,(H,21,22)(H,18,19,20). The van der Waals surface area contributed by atoms with E-state index in [0.717, 1.165) is 0 Å². The van der Waals surface area contributed by atoms with Gasteiger partial charge in [-0.25, -0.2) is 9.78 Å². The highest BCUT2D eigenvalue weighted by Crippen LogP contribution is 2.31. The predicted molar refractivity (Wildman–Crippen MR) is 89.5 cm³/mol. The molecule has 0 amide bonds. The molecule has 1 heterocycles. The van der Waals surface area contributed by atoms with Crippen molar-refractivity contribution in [2.75, 3.05) is 6.26 Å². The number of halogens is 1. The number of hydrogen-bond acceptors (Lipinski definition) is 6. The SMILES string of the molecule is CSc1nc(-c2ccc(OC(C)C(=O)O)c(Cl)c2)c(C#N)c(=O)[nH]1. The van der Waals surface area contributed by atoms with Crippen LogP contribution in [0.4, 0.5) is 0 Å². The van der Waals surface area contributed by atoms with Gasteiger partial charge in [0, 0.05) is 5.56 Å². The molecule has 0 aliphatic carbocycles. The summed E-state index contributed by atoms with van der Waals surface area (Å²) >= 11 is 7.35. The fourth-order valence-electron chi connectivity index (χ4n) is 1.85. The summed E-state index contributed by atoms with van der Waals surface area (Å²) in [7, 11) is 0. The van der Waals surface area contributed by atoms with Crippen LogP contribution in [0, 0.1) is 11.3 Å². The molecule has 0 fully saturated rings. The summed E-state index contributed by atoms with van der Waals surface area (Å²) in [6, 6.07) is 6.33. The van der Waals surface area contributed by atoms with Crippen LogP contribution in [0.1, 0.15) is 12.5 Å². The lowest BCUT2D eigenvalue weighted by molar-refractivity contribution is -0.144. The smallest absolute Gasteiger partial charge is 0.344 e. The van der Waals surface area contributed by atoms with Crippen LogP contribution in [0.15, 0.2) is 28.2 Å². The average molecular weight is 366 g/mol. The van der Waals surface area contributed by atoms with Crippen molar-refractivity contribution < 1.29 is 14.6 Å². The van der Waals surface area contributed by atoms with E-state index in [4.69, 9.17) is 21.4 Å². The van der Waals surface area contributed by atoms with Crippen molar-refractivity contribution in [2.24, 2.45) is 0 Å². The normalized spacial score (nSPS) is 11.6. The van der Waals surface area contributed by atoms with Crippen LogP contribution >= 0.6 is 23.4 Å². The van der Waals surface area contributed by atoms with Crippen molar-refractivity contribution in [1.82, 2.24) is 9.97 Å². The highest BCUT2D eigenvalue weighted by atomic mass is 35.5. The van der Waals surface area contributed by atoms with Crippen molar-refractivity contribution in [3.8, 4) is 23.1 Å². The van der Waals surface area contributed by atoms with Gasteiger partial charge in [0.05, 0.1) is 10.7 Å². The minimum absolute atomic E-state index is 0.128. The minimum Gasteiger partial charge on any atom is -0.479 e. The van der Waals surface area contributed by atoms with Crippen LogP contribution < -0.4 is 10.3 Å². The molecular formula is C15H12ClN3O4S. The second-order valence-electron chi connectivity index (χ2n) is 4.65. The number of carbonyl (C=O) groups is 1. The van der Waals surface area contributed by atoms with Crippen molar-refractivity contribution >= 4 is 29.3 Å². The highest BCUT2D eigenvalue weighted by molar-refractivity contribution is 7.98. The second kappa shape index (κ2) is 7.38. The van der Waals surface area contributed by atoms with Gasteiger partial charge in [-0.05, 0) is 31.4 Å². The molecule has 0 saturated heterocycles. The van der Waals surface area contributed by atoms with Crippen LogP contribution in [-0.4, -0.2) is 33.4 Å². The van der Waals surface area contributed by atoms with Crippen molar-refractivity contribution in [3.05, 3.63) is 39.1 Å². The maximum Gasteiger partial charge on any atom is 0.344 e. The lowest BCUT2D eigenvalue weighted by Crippen LogP contribution is -2.23. The number of carboxylic acids is 1. The van der Waals surface area contributed by atoms with Crippen LogP contribution in [0.3, 0.4) is 0 Å². The number of nitrogens with zero attached hydrogens (tertiary/aromatic N) is 2. The van der Waals surface area contributed by atoms with Gasteiger partial charge in [0.15, 0.2) is 11.3 Å². The molecule has 0 aliphatic heterocycles. The first-order chi connectivity index (χ1) is 11.4. The largest absolute Gasteiger partial charge is 0.479 e. The Bertz CT molecular complexity index is 891. The number of nitrogens with one attached hydrogen (secondary N) is 1. The summed E-state index contributed by atoms with van der Waals surface area (Å²) in [5, 5.41) is 18.6. The van der Waals surface area contributed by atoms with Crippen molar-refractivity contribution in [2.45, 2.75) is 18.2 Å². The summed E-state index contributed by atoms with van der Waals surface area (Å²) in [5.41, 5.74) is -0.0159. The number of rotatable bonds is 5. The molecule has 24 heavy (non-hydrogen) atoms. The third kappa shape index (κ3) is 3.69. The molecule has 2 aromatic rings. The third-order valence-electron chi connectivity index (χ3n) is 3.06. The lowest BCUT2D eigenvalue weighted by Gasteiger charge is -2.13. The Morgan fingerprint density at radius 3 is 2.79 bits per heavy atom. The molecule has 0 aliphatic rings. The zero-order valence-electron chi connectivity index (χ0n) is 12.7. The van der Waals surface area contributed by atoms with E-state index in [9.17, 15) is 14.9 Å². The van der Waals surface area contributed by atoms with Crippen LogP contribution in [0.25, 0.3) is 11.3 Å². The van der Waals surface area contributed by atoms with Gasteiger partial charge < -0.3 is 14.8 Å². The first-order valence-corrected chi connectivity index (χ1v) is 8.25. The van der Waals surface area contributed by atoms with Crippen LogP contribution in [-0.2, 0) is 4.79 Å². The summed E-state index contributed by atoms with van der Waals surface area (Å²) in [6.07, 6.45) is 0.675. The number of H-pyrrole nitrogens is 1. The molecule has 1 unspecified atom stereocenters. The molecule has 0 saturated carbocycles. The Kier molecular flexibility index (Phi) is 5.49. The van der Waals surface area contributed by atoms with Crippen LogP contribution in [0.5, 0.6) is 5.75 Å². The van der Waals surface area contributed by atoms with Gasteiger partial charge in [0.1, 0.15) is 17.4 Å². The maximum atomic E-state index is 11.9. The quantitative estimate of drug-likeness (QED) is 0.617. The number of nitriles is 1. The molecule has 7 nitrogen and oxygen atoms in total. The van der Waals surface area contributed by atoms with E-state index in [1.807, 2.05) is 6.07 Å². The summed E-state index contributed by atoms with van der Waals surface area (Å²) in [6.45, 7) is 1.38. The van der Waals surface area contributed by atoms with Gasteiger partial charge in [0.25, 0.3) is 5.56 Å². The average Bonchev–Trinajstić information content (AvgIpc) is 2.55. The van der Waals surface area contributed by atoms with E-state index in [2.05, 4.69) is 9.97 Å². The molecule has 9 heteroatoms. The fourth-order valence-corrected chi connectivity index (χ4v) is 2.45. The van der Waals surface area contributed by atoms with Gasteiger partial charge in [0.2, 0.25) is 0 Å². The van der Waals surface area contributed by atoms with Crippen LogP contribution in [0.2, 0.25) is 5.02 Å². The zero-order chi connectivity index (χ0) is 17.9. The van der Waals surface area contributed by atoms with Gasteiger partial charge in [-0.15, -0.1) is 0 Å². The number of benzene rings is 1. The number of thioether (sulfide) groups is 1. The van der Waals surface area contributed by atoms with E-state index in [-0.39, 0.29) is 22.0 Å². The topological polar surface area (TPSA) is 116 Å². The number of aromatic amines is 1.